The van der Waals surface area contributed by atoms with Crippen LogP contribution in [-0.2, 0) is 9.53 Å². The lowest BCUT2D eigenvalue weighted by Gasteiger charge is -2.15. The third-order valence-corrected chi connectivity index (χ3v) is 4.83. The Morgan fingerprint density at radius 3 is 2.58 bits per heavy atom. The largest absolute Gasteiger partial charge is 0.450 e. The molecule has 0 bridgehead atoms. The number of nitrogens with one attached hydrogen (secondary N) is 1. The van der Waals surface area contributed by atoms with Gasteiger partial charge in [-0.3, -0.25) is 4.79 Å². The summed E-state index contributed by atoms with van der Waals surface area (Å²) in [7, 11) is 0. The van der Waals surface area contributed by atoms with E-state index in [1.54, 1.807) is 13.0 Å². The Balaban J connectivity index is 1.61. The summed E-state index contributed by atoms with van der Waals surface area (Å²) >= 11 is 3.46. The Bertz CT molecular complexity index is 963. The first kappa shape index (κ1) is 18.2. The molecule has 0 aliphatic rings. The van der Waals surface area contributed by atoms with Crippen molar-refractivity contribution >= 4 is 38.8 Å². The molecule has 0 aliphatic carbocycles. The molecule has 1 N–H and O–H groups in total. The molecule has 1 atom stereocenters. The molecule has 26 heavy (non-hydrogen) atoms. The highest BCUT2D eigenvalue weighted by molar-refractivity contribution is 9.10. The van der Waals surface area contributed by atoms with Crippen molar-refractivity contribution in [2.45, 2.75) is 19.9 Å². The van der Waals surface area contributed by atoms with Gasteiger partial charge >= 0.3 is 5.97 Å². The zero-order valence-electron chi connectivity index (χ0n) is 14.4. The SMILES string of the molecule is Cc1c(C(=O)OCC(=O)N[C@H](C)c2ccccc2Br)oc2ccccc12. The molecule has 2 aromatic carbocycles. The van der Waals surface area contributed by atoms with Crippen LogP contribution in [-0.4, -0.2) is 18.5 Å². The van der Waals surface area contributed by atoms with E-state index in [-0.39, 0.29) is 24.3 Å². The summed E-state index contributed by atoms with van der Waals surface area (Å²) in [6.07, 6.45) is 0. The molecular formula is C20H18BrNO4. The topological polar surface area (TPSA) is 68.5 Å². The van der Waals surface area contributed by atoms with Crippen LogP contribution in [0.3, 0.4) is 0 Å². The quantitative estimate of drug-likeness (QED) is 0.621. The number of furan rings is 1. The van der Waals surface area contributed by atoms with Crippen LogP contribution >= 0.6 is 15.9 Å². The van der Waals surface area contributed by atoms with Gasteiger partial charge in [0.05, 0.1) is 6.04 Å². The van der Waals surface area contributed by atoms with Crippen molar-refractivity contribution in [1.29, 1.82) is 0 Å². The fourth-order valence-corrected chi connectivity index (χ4v) is 3.38. The number of benzene rings is 2. The monoisotopic (exact) mass is 415 g/mol. The Morgan fingerprint density at radius 2 is 1.85 bits per heavy atom. The average Bonchev–Trinajstić information content (AvgIpc) is 2.97. The summed E-state index contributed by atoms with van der Waals surface area (Å²) in [6.45, 7) is 3.28. The van der Waals surface area contributed by atoms with Crippen LogP contribution in [0.1, 0.15) is 34.6 Å². The minimum absolute atomic E-state index is 0.123. The molecule has 0 unspecified atom stereocenters. The van der Waals surface area contributed by atoms with Crippen LogP contribution in [0.5, 0.6) is 0 Å². The second-order valence-electron chi connectivity index (χ2n) is 5.94. The van der Waals surface area contributed by atoms with Gasteiger partial charge in [-0.05, 0) is 31.5 Å². The molecule has 0 radical (unpaired) electrons. The molecular weight excluding hydrogens is 398 g/mol. The van der Waals surface area contributed by atoms with E-state index in [1.807, 2.05) is 49.4 Å². The standard InChI is InChI=1S/C20H18BrNO4/c1-12-14-7-4-6-10-17(14)26-19(12)20(24)25-11-18(23)22-13(2)15-8-3-5-9-16(15)21/h3-10,13H,11H2,1-2H3,(H,22,23)/t13-/m1/s1. The van der Waals surface area contributed by atoms with E-state index >= 15 is 0 Å². The molecule has 1 aromatic heterocycles. The minimum Gasteiger partial charge on any atom is -0.450 e. The van der Waals surface area contributed by atoms with E-state index in [0.717, 1.165) is 15.4 Å². The molecule has 0 spiro atoms. The van der Waals surface area contributed by atoms with E-state index in [0.29, 0.717) is 11.1 Å². The first-order valence-electron chi connectivity index (χ1n) is 8.16. The van der Waals surface area contributed by atoms with Crippen LogP contribution in [0.2, 0.25) is 0 Å². The predicted molar refractivity (Wildman–Crippen MR) is 102 cm³/mol. The van der Waals surface area contributed by atoms with Crippen molar-refractivity contribution in [2.75, 3.05) is 6.61 Å². The molecule has 5 nitrogen and oxygen atoms in total. The molecule has 3 rings (SSSR count). The van der Waals surface area contributed by atoms with Gasteiger partial charge in [-0.1, -0.05) is 52.3 Å². The molecule has 0 aliphatic heterocycles. The van der Waals surface area contributed by atoms with Crippen molar-refractivity contribution in [1.82, 2.24) is 5.32 Å². The zero-order chi connectivity index (χ0) is 18.7. The van der Waals surface area contributed by atoms with Gasteiger partial charge < -0.3 is 14.5 Å². The molecule has 1 amide bonds. The fourth-order valence-electron chi connectivity index (χ4n) is 2.75. The van der Waals surface area contributed by atoms with Crippen molar-refractivity contribution < 1.29 is 18.7 Å². The second kappa shape index (κ2) is 7.74. The van der Waals surface area contributed by atoms with Crippen LogP contribution in [0.4, 0.5) is 0 Å². The Morgan fingerprint density at radius 1 is 1.15 bits per heavy atom. The van der Waals surface area contributed by atoms with Gasteiger partial charge in [0.15, 0.2) is 6.61 Å². The van der Waals surface area contributed by atoms with Crippen molar-refractivity contribution in [3.8, 4) is 0 Å². The molecule has 0 saturated heterocycles. The maximum atomic E-state index is 12.2. The van der Waals surface area contributed by atoms with E-state index in [9.17, 15) is 9.59 Å². The third kappa shape index (κ3) is 3.80. The van der Waals surface area contributed by atoms with Gasteiger partial charge in [-0.25, -0.2) is 4.79 Å². The van der Waals surface area contributed by atoms with Crippen LogP contribution < -0.4 is 5.32 Å². The summed E-state index contributed by atoms with van der Waals surface area (Å²) in [5, 5.41) is 3.66. The van der Waals surface area contributed by atoms with Gasteiger partial charge in [-0.15, -0.1) is 0 Å². The predicted octanol–water partition coefficient (Wildman–Crippen LogP) is 4.54. The van der Waals surface area contributed by atoms with Gasteiger partial charge in [0.2, 0.25) is 5.76 Å². The van der Waals surface area contributed by atoms with Crippen LogP contribution in [0, 0.1) is 6.92 Å². The second-order valence-corrected chi connectivity index (χ2v) is 6.79. The zero-order valence-corrected chi connectivity index (χ0v) is 16.0. The van der Waals surface area contributed by atoms with Gasteiger partial charge in [0, 0.05) is 15.4 Å². The maximum absolute atomic E-state index is 12.2. The number of fused-ring (bicyclic) bond motifs is 1. The Hall–Kier alpha value is -2.60. The van der Waals surface area contributed by atoms with E-state index in [4.69, 9.17) is 9.15 Å². The molecule has 0 saturated carbocycles. The number of carbonyl (C=O) groups is 2. The minimum atomic E-state index is -0.651. The molecule has 6 heteroatoms. The van der Waals surface area contributed by atoms with E-state index in [1.165, 1.54) is 0 Å². The van der Waals surface area contributed by atoms with Gasteiger partial charge in [0.1, 0.15) is 5.58 Å². The first-order valence-corrected chi connectivity index (χ1v) is 8.95. The lowest BCUT2D eigenvalue weighted by atomic mass is 10.1. The number of hydrogen-bond donors (Lipinski definition) is 1. The van der Waals surface area contributed by atoms with Crippen LogP contribution in [0.25, 0.3) is 11.0 Å². The Kier molecular flexibility index (Phi) is 5.42. The van der Waals surface area contributed by atoms with Crippen molar-refractivity contribution in [3.05, 3.63) is 69.9 Å². The van der Waals surface area contributed by atoms with Gasteiger partial charge in [0.25, 0.3) is 5.91 Å². The highest BCUT2D eigenvalue weighted by Crippen LogP contribution is 2.25. The number of esters is 1. The van der Waals surface area contributed by atoms with Crippen molar-refractivity contribution in [2.24, 2.45) is 0 Å². The number of para-hydroxylation sites is 1. The lowest BCUT2D eigenvalue weighted by molar-refractivity contribution is -0.124. The Labute approximate surface area is 159 Å². The summed E-state index contributed by atoms with van der Waals surface area (Å²) in [6, 6.07) is 14.8. The smallest absolute Gasteiger partial charge is 0.375 e. The molecule has 1 heterocycles. The van der Waals surface area contributed by atoms with E-state index < -0.39 is 5.97 Å². The van der Waals surface area contributed by atoms with Crippen LogP contribution in [0.15, 0.2) is 57.4 Å². The fraction of sp³-hybridized carbons (Fsp3) is 0.200. The number of carbonyl (C=O) groups excluding carboxylic acids is 2. The third-order valence-electron chi connectivity index (χ3n) is 4.11. The summed E-state index contributed by atoms with van der Waals surface area (Å²) < 4.78 is 11.6. The number of aryl methyl sites for hydroxylation is 1. The highest BCUT2D eigenvalue weighted by Gasteiger charge is 2.20. The first-order chi connectivity index (χ1) is 12.5. The van der Waals surface area contributed by atoms with Gasteiger partial charge in [-0.2, -0.15) is 0 Å². The average molecular weight is 416 g/mol. The molecule has 0 fully saturated rings. The maximum Gasteiger partial charge on any atom is 0.375 e. The number of ether oxygens (including phenoxy) is 1. The van der Waals surface area contributed by atoms with E-state index in [2.05, 4.69) is 21.2 Å². The number of amides is 1. The summed E-state index contributed by atoms with van der Waals surface area (Å²) in [5.41, 5.74) is 2.26. The highest BCUT2D eigenvalue weighted by atomic mass is 79.9. The number of hydrogen-bond acceptors (Lipinski definition) is 4. The summed E-state index contributed by atoms with van der Waals surface area (Å²) in [5.74, 6) is -0.907. The molecule has 134 valence electrons. The number of rotatable bonds is 5. The van der Waals surface area contributed by atoms with Crippen molar-refractivity contribution in [3.63, 3.8) is 0 Å². The molecule has 3 aromatic rings. The lowest BCUT2D eigenvalue weighted by Crippen LogP contribution is -2.31. The summed E-state index contributed by atoms with van der Waals surface area (Å²) in [4.78, 5) is 24.3. The normalized spacial score (nSPS) is 12.0. The number of halogens is 1.